The molecule has 22 heavy (non-hydrogen) atoms. The molecule has 0 saturated carbocycles. The number of hydrogen-bond donors (Lipinski definition) is 0. The molecule has 112 valence electrons. The first-order chi connectivity index (χ1) is 10.8. The fourth-order valence-electron chi connectivity index (χ4n) is 1.82. The number of carbonyl (C=O) groups excluding carboxylic acids is 1. The summed E-state index contributed by atoms with van der Waals surface area (Å²) in [5.41, 5.74) is 1.98. The average molecular weight is 294 g/mol. The molecule has 0 spiro atoms. The molecule has 0 N–H and O–H groups in total. The minimum absolute atomic E-state index is 0.170. The van der Waals surface area contributed by atoms with E-state index in [0.29, 0.717) is 0 Å². The van der Waals surface area contributed by atoms with Crippen LogP contribution in [-0.4, -0.2) is 13.1 Å². The van der Waals surface area contributed by atoms with Gasteiger partial charge in [0, 0.05) is 0 Å². The molecule has 0 amide bonds. The number of rotatable bonds is 6. The molecular formula is C19H18O3. The van der Waals surface area contributed by atoms with E-state index < -0.39 is 5.97 Å². The molecule has 0 bridgehead atoms. The first kappa shape index (κ1) is 15.6. The molecule has 2 aromatic carbocycles. The lowest BCUT2D eigenvalue weighted by Crippen LogP contribution is -2.09. The van der Waals surface area contributed by atoms with Crippen LogP contribution in [0.1, 0.15) is 11.1 Å². The van der Waals surface area contributed by atoms with Crippen LogP contribution in [0.25, 0.3) is 6.08 Å². The lowest BCUT2D eigenvalue weighted by Gasteiger charge is -2.06. The van der Waals surface area contributed by atoms with Crippen molar-refractivity contribution < 1.29 is 14.3 Å². The number of allylic oxidation sites excluding steroid dienone is 2. The van der Waals surface area contributed by atoms with Gasteiger partial charge in [0.2, 0.25) is 5.76 Å². The smallest absolute Gasteiger partial charge is 0.373 e. The number of methoxy groups -OCH3 is 1. The van der Waals surface area contributed by atoms with Crippen LogP contribution < -0.4 is 0 Å². The van der Waals surface area contributed by atoms with Crippen molar-refractivity contribution in [2.24, 2.45) is 0 Å². The zero-order chi connectivity index (χ0) is 15.6. The van der Waals surface area contributed by atoms with Crippen molar-refractivity contribution >= 4 is 12.0 Å². The second-order valence-corrected chi connectivity index (χ2v) is 4.57. The molecule has 3 heteroatoms. The molecule has 3 nitrogen and oxygen atoms in total. The van der Waals surface area contributed by atoms with E-state index >= 15 is 0 Å². The quantitative estimate of drug-likeness (QED) is 0.350. The lowest BCUT2D eigenvalue weighted by atomic mass is 10.2. The van der Waals surface area contributed by atoms with Crippen LogP contribution in [0.3, 0.4) is 0 Å². The summed E-state index contributed by atoms with van der Waals surface area (Å²) in [7, 11) is 1.45. The van der Waals surface area contributed by atoms with Crippen molar-refractivity contribution in [1.82, 2.24) is 0 Å². The van der Waals surface area contributed by atoms with Crippen molar-refractivity contribution in [3.63, 3.8) is 0 Å². The Morgan fingerprint density at radius 1 is 1.00 bits per heavy atom. The normalized spacial score (nSPS) is 11.4. The number of hydrogen-bond acceptors (Lipinski definition) is 3. The summed E-state index contributed by atoms with van der Waals surface area (Å²) < 4.78 is 10.3. The van der Waals surface area contributed by atoms with Crippen LogP contribution in [0.4, 0.5) is 0 Å². The lowest BCUT2D eigenvalue weighted by molar-refractivity contribution is -0.143. The van der Waals surface area contributed by atoms with E-state index in [1.807, 2.05) is 66.7 Å². The molecule has 0 aliphatic carbocycles. The molecule has 0 heterocycles. The summed E-state index contributed by atoms with van der Waals surface area (Å²) in [6, 6.07) is 19.3. The van der Waals surface area contributed by atoms with Gasteiger partial charge in [-0.1, -0.05) is 72.8 Å². The highest BCUT2D eigenvalue weighted by molar-refractivity contribution is 5.86. The van der Waals surface area contributed by atoms with Crippen molar-refractivity contribution in [2.45, 2.75) is 6.61 Å². The van der Waals surface area contributed by atoms with Crippen molar-refractivity contribution in [3.05, 3.63) is 89.7 Å². The van der Waals surface area contributed by atoms with Crippen LogP contribution in [-0.2, 0) is 20.9 Å². The summed E-state index contributed by atoms with van der Waals surface area (Å²) in [6.07, 6.45) is 5.25. The van der Waals surface area contributed by atoms with Crippen LogP contribution in [0.5, 0.6) is 0 Å². The van der Waals surface area contributed by atoms with Gasteiger partial charge < -0.3 is 9.47 Å². The summed E-state index contributed by atoms with van der Waals surface area (Å²) >= 11 is 0. The van der Waals surface area contributed by atoms with Gasteiger partial charge in [-0.05, 0) is 17.2 Å². The third kappa shape index (κ3) is 4.94. The highest BCUT2D eigenvalue weighted by Gasteiger charge is 2.10. The van der Waals surface area contributed by atoms with Crippen LogP contribution in [0.15, 0.2) is 78.6 Å². The average Bonchev–Trinajstić information content (AvgIpc) is 2.58. The van der Waals surface area contributed by atoms with Gasteiger partial charge in [-0.25, -0.2) is 4.79 Å². The highest BCUT2D eigenvalue weighted by atomic mass is 16.6. The Morgan fingerprint density at radius 2 is 1.64 bits per heavy atom. The SMILES string of the molecule is CO/C(=C\C=C\c1ccccc1)C(=O)OCc1ccccc1. The molecule has 2 aromatic rings. The molecular weight excluding hydrogens is 276 g/mol. The predicted molar refractivity (Wildman–Crippen MR) is 86.8 cm³/mol. The van der Waals surface area contributed by atoms with Crippen molar-refractivity contribution in [2.75, 3.05) is 7.11 Å². The first-order valence-electron chi connectivity index (χ1n) is 6.98. The molecule has 0 fully saturated rings. The van der Waals surface area contributed by atoms with Gasteiger partial charge in [0.1, 0.15) is 6.61 Å². The summed E-state index contributed by atoms with van der Waals surface area (Å²) in [5, 5.41) is 0. The standard InChI is InChI=1S/C19H18O3/c1-21-18(14-8-13-16-9-4-2-5-10-16)19(20)22-15-17-11-6-3-7-12-17/h2-14H,15H2,1H3/b13-8+,18-14-. The fourth-order valence-corrected chi connectivity index (χ4v) is 1.82. The van der Waals surface area contributed by atoms with Crippen molar-refractivity contribution in [1.29, 1.82) is 0 Å². The van der Waals surface area contributed by atoms with Crippen LogP contribution in [0.2, 0.25) is 0 Å². The molecule has 0 atom stereocenters. The highest BCUT2D eigenvalue weighted by Crippen LogP contribution is 2.07. The Balaban J connectivity index is 1.93. The van der Waals surface area contributed by atoms with Gasteiger partial charge in [-0.3, -0.25) is 0 Å². The molecule has 0 aromatic heterocycles. The van der Waals surface area contributed by atoms with Gasteiger partial charge >= 0.3 is 5.97 Å². The number of carbonyl (C=O) groups is 1. The minimum atomic E-state index is -0.482. The first-order valence-corrected chi connectivity index (χ1v) is 6.98. The molecule has 2 rings (SSSR count). The van der Waals surface area contributed by atoms with Gasteiger partial charge in [0.25, 0.3) is 0 Å². The monoisotopic (exact) mass is 294 g/mol. The largest absolute Gasteiger partial charge is 0.490 e. The van der Waals surface area contributed by atoms with E-state index in [9.17, 15) is 4.79 Å². The number of ether oxygens (including phenoxy) is 2. The Kier molecular flexibility index (Phi) is 6.00. The third-order valence-electron chi connectivity index (χ3n) is 2.97. The molecule has 0 saturated heterocycles. The van der Waals surface area contributed by atoms with E-state index in [-0.39, 0.29) is 12.4 Å². The summed E-state index contributed by atoms with van der Waals surface area (Å²) in [6.45, 7) is 0.225. The maximum atomic E-state index is 11.9. The Bertz CT molecular complexity index is 643. The van der Waals surface area contributed by atoms with E-state index in [4.69, 9.17) is 9.47 Å². The van der Waals surface area contributed by atoms with Gasteiger partial charge in [-0.15, -0.1) is 0 Å². The maximum absolute atomic E-state index is 11.9. The van der Waals surface area contributed by atoms with Crippen LogP contribution >= 0.6 is 0 Å². The zero-order valence-electron chi connectivity index (χ0n) is 12.4. The summed E-state index contributed by atoms with van der Waals surface area (Å²) in [4.78, 5) is 11.9. The second-order valence-electron chi connectivity index (χ2n) is 4.57. The topological polar surface area (TPSA) is 35.5 Å². The van der Waals surface area contributed by atoms with E-state index in [0.717, 1.165) is 11.1 Å². The third-order valence-corrected chi connectivity index (χ3v) is 2.97. The predicted octanol–water partition coefficient (Wildman–Crippen LogP) is 3.97. The van der Waals surface area contributed by atoms with Crippen molar-refractivity contribution in [3.8, 4) is 0 Å². The van der Waals surface area contributed by atoms with E-state index in [1.54, 1.807) is 12.2 Å². The van der Waals surface area contributed by atoms with Crippen LogP contribution in [0, 0.1) is 0 Å². The van der Waals surface area contributed by atoms with Gasteiger partial charge in [0.05, 0.1) is 7.11 Å². The molecule has 0 aliphatic rings. The number of esters is 1. The minimum Gasteiger partial charge on any atom is -0.490 e. The number of benzene rings is 2. The van der Waals surface area contributed by atoms with Gasteiger partial charge in [-0.2, -0.15) is 0 Å². The molecule has 0 unspecified atom stereocenters. The Hall–Kier alpha value is -2.81. The fraction of sp³-hybridized carbons (Fsp3) is 0.105. The second kappa shape index (κ2) is 8.47. The zero-order valence-corrected chi connectivity index (χ0v) is 12.4. The Morgan fingerprint density at radius 3 is 2.27 bits per heavy atom. The molecule has 0 aliphatic heterocycles. The van der Waals surface area contributed by atoms with E-state index in [2.05, 4.69) is 0 Å². The Labute approximate surface area is 130 Å². The van der Waals surface area contributed by atoms with E-state index in [1.165, 1.54) is 7.11 Å². The van der Waals surface area contributed by atoms with Gasteiger partial charge in [0.15, 0.2) is 0 Å². The molecule has 0 radical (unpaired) electrons. The maximum Gasteiger partial charge on any atom is 0.373 e. The summed E-state index contributed by atoms with van der Waals surface area (Å²) in [5.74, 6) is -0.313.